The lowest BCUT2D eigenvalue weighted by Gasteiger charge is -2.07. The Kier molecular flexibility index (Phi) is 5.15. The molecule has 1 aromatic rings. The number of carbonyl (C=O) groups is 1. The molecule has 5 heteroatoms. The van der Waals surface area contributed by atoms with Gasteiger partial charge in [-0.1, -0.05) is 31.2 Å². The molecular formula is C14H15F3O2. The molecule has 0 aliphatic carbocycles. The molecule has 0 N–H and O–H groups in total. The van der Waals surface area contributed by atoms with E-state index in [1.807, 2.05) is 6.92 Å². The van der Waals surface area contributed by atoms with E-state index in [2.05, 4.69) is 0 Å². The lowest BCUT2D eigenvalue weighted by Crippen LogP contribution is -2.06. The maximum atomic E-state index is 12.3. The van der Waals surface area contributed by atoms with Crippen molar-refractivity contribution < 1.29 is 22.7 Å². The van der Waals surface area contributed by atoms with E-state index in [-0.39, 0.29) is 18.5 Å². The van der Waals surface area contributed by atoms with Crippen LogP contribution in [0.1, 0.15) is 25.0 Å². The van der Waals surface area contributed by atoms with Gasteiger partial charge in [-0.15, -0.1) is 0 Å². The molecule has 0 bridgehead atoms. The molecule has 104 valence electrons. The van der Waals surface area contributed by atoms with Crippen molar-refractivity contribution in [3.63, 3.8) is 0 Å². The van der Waals surface area contributed by atoms with Crippen LogP contribution >= 0.6 is 0 Å². The Morgan fingerprint density at radius 2 is 1.89 bits per heavy atom. The first-order chi connectivity index (χ1) is 8.79. The highest BCUT2D eigenvalue weighted by atomic mass is 19.4. The first-order valence-corrected chi connectivity index (χ1v) is 5.78. The summed E-state index contributed by atoms with van der Waals surface area (Å²) < 4.78 is 41.8. The smallest absolute Gasteiger partial charge is 0.416 e. The lowest BCUT2D eigenvalue weighted by molar-refractivity contribution is -0.141. The number of hydrogen-bond acceptors (Lipinski definition) is 2. The predicted octanol–water partition coefficient (Wildman–Crippen LogP) is 3.92. The summed E-state index contributed by atoms with van der Waals surface area (Å²) in [4.78, 5) is 10.6. The van der Waals surface area contributed by atoms with Gasteiger partial charge in [0.25, 0.3) is 0 Å². The van der Waals surface area contributed by atoms with Crippen LogP contribution < -0.4 is 0 Å². The third-order valence-corrected chi connectivity index (χ3v) is 2.40. The summed E-state index contributed by atoms with van der Waals surface area (Å²) in [5, 5.41) is 0. The SMILES string of the molecule is CC(=O)OCC(C)/C=C/c1ccc(C(F)(F)F)cc1. The zero-order valence-electron chi connectivity index (χ0n) is 10.7. The van der Waals surface area contributed by atoms with Crippen molar-refractivity contribution in [3.05, 3.63) is 41.5 Å². The van der Waals surface area contributed by atoms with Gasteiger partial charge in [-0.05, 0) is 17.7 Å². The Labute approximate surface area is 109 Å². The molecule has 0 aliphatic heterocycles. The Bertz CT molecular complexity index is 447. The molecule has 0 heterocycles. The van der Waals surface area contributed by atoms with Crippen LogP contribution in [0.25, 0.3) is 6.08 Å². The average molecular weight is 272 g/mol. The Balaban J connectivity index is 2.60. The summed E-state index contributed by atoms with van der Waals surface area (Å²) in [6.45, 7) is 3.43. The molecule has 0 spiro atoms. The normalized spacial score (nSPS) is 13.5. The molecule has 0 saturated heterocycles. The molecule has 1 atom stereocenters. The molecule has 1 aromatic carbocycles. The van der Waals surface area contributed by atoms with E-state index in [4.69, 9.17) is 4.74 Å². The van der Waals surface area contributed by atoms with E-state index in [9.17, 15) is 18.0 Å². The third-order valence-electron chi connectivity index (χ3n) is 2.40. The molecular weight excluding hydrogens is 257 g/mol. The monoisotopic (exact) mass is 272 g/mol. The maximum Gasteiger partial charge on any atom is 0.416 e. The van der Waals surface area contributed by atoms with Crippen molar-refractivity contribution in [1.82, 2.24) is 0 Å². The van der Waals surface area contributed by atoms with Gasteiger partial charge in [0.1, 0.15) is 0 Å². The highest BCUT2D eigenvalue weighted by Crippen LogP contribution is 2.29. The molecule has 0 saturated carbocycles. The number of ether oxygens (including phenoxy) is 1. The minimum atomic E-state index is -4.31. The lowest BCUT2D eigenvalue weighted by atomic mass is 10.1. The second-order valence-electron chi connectivity index (χ2n) is 4.26. The van der Waals surface area contributed by atoms with Crippen molar-refractivity contribution in [2.24, 2.45) is 5.92 Å². The van der Waals surface area contributed by atoms with Gasteiger partial charge in [-0.3, -0.25) is 4.79 Å². The molecule has 1 unspecified atom stereocenters. The second-order valence-corrected chi connectivity index (χ2v) is 4.26. The average Bonchev–Trinajstić information content (AvgIpc) is 2.33. The molecule has 19 heavy (non-hydrogen) atoms. The zero-order valence-corrected chi connectivity index (χ0v) is 10.7. The van der Waals surface area contributed by atoms with E-state index in [1.165, 1.54) is 19.1 Å². The van der Waals surface area contributed by atoms with E-state index >= 15 is 0 Å². The molecule has 0 fully saturated rings. The highest BCUT2D eigenvalue weighted by molar-refractivity contribution is 5.65. The van der Waals surface area contributed by atoms with Gasteiger partial charge < -0.3 is 4.74 Å². The Morgan fingerprint density at radius 1 is 1.32 bits per heavy atom. The van der Waals surface area contributed by atoms with Gasteiger partial charge in [-0.25, -0.2) is 0 Å². The molecule has 0 radical (unpaired) electrons. The number of carbonyl (C=O) groups excluding carboxylic acids is 1. The van der Waals surface area contributed by atoms with Gasteiger partial charge in [0.15, 0.2) is 0 Å². The van der Waals surface area contributed by atoms with Crippen molar-refractivity contribution in [2.45, 2.75) is 20.0 Å². The number of rotatable bonds is 4. The van der Waals surface area contributed by atoms with Gasteiger partial charge in [0.05, 0.1) is 12.2 Å². The summed E-state index contributed by atoms with van der Waals surface area (Å²) in [6, 6.07) is 4.88. The maximum absolute atomic E-state index is 12.3. The molecule has 1 rings (SSSR count). The largest absolute Gasteiger partial charge is 0.465 e. The second kappa shape index (κ2) is 6.41. The van der Waals surface area contributed by atoms with E-state index in [0.29, 0.717) is 5.56 Å². The van der Waals surface area contributed by atoms with Crippen LogP contribution in [0, 0.1) is 5.92 Å². The number of halogens is 3. The first kappa shape index (κ1) is 15.3. The van der Waals surface area contributed by atoms with Gasteiger partial charge in [0.2, 0.25) is 0 Å². The fourth-order valence-electron chi connectivity index (χ4n) is 1.36. The van der Waals surface area contributed by atoms with Crippen molar-refractivity contribution in [2.75, 3.05) is 6.61 Å². The fourth-order valence-corrected chi connectivity index (χ4v) is 1.36. The Hall–Kier alpha value is -1.78. The van der Waals surface area contributed by atoms with Crippen LogP contribution in [-0.2, 0) is 15.7 Å². The molecule has 0 aromatic heterocycles. The number of esters is 1. The fraction of sp³-hybridized carbons (Fsp3) is 0.357. The van der Waals surface area contributed by atoms with Gasteiger partial charge in [0, 0.05) is 12.8 Å². The van der Waals surface area contributed by atoms with Crippen LogP contribution in [0.15, 0.2) is 30.3 Å². The molecule has 2 nitrogen and oxygen atoms in total. The van der Waals surface area contributed by atoms with Crippen molar-refractivity contribution >= 4 is 12.0 Å². The van der Waals surface area contributed by atoms with Crippen LogP contribution in [0.4, 0.5) is 13.2 Å². The predicted molar refractivity (Wildman–Crippen MR) is 66.3 cm³/mol. The number of benzene rings is 1. The minimum Gasteiger partial charge on any atom is -0.465 e. The quantitative estimate of drug-likeness (QED) is 0.776. The van der Waals surface area contributed by atoms with Crippen LogP contribution in [0.3, 0.4) is 0 Å². The third kappa shape index (κ3) is 5.59. The summed E-state index contributed by atoms with van der Waals surface area (Å²) in [5.41, 5.74) is 0.000265. The standard InChI is InChI=1S/C14H15F3O2/c1-10(9-19-11(2)18)3-4-12-5-7-13(8-6-12)14(15,16)17/h3-8,10H,9H2,1-2H3/b4-3+. The van der Waals surface area contributed by atoms with Crippen molar-refractivity contribution in [3.8, 4) is 0 Å². The van der Waals surface area contributed by atoms with Gasteiger partial charge >= 0.3 is 12.1 Å². The van der Waals surface area contributed by atoms with Crippen LogP contribution in [0.5, 0.6) is 0 Å². The highest BCUT2D eigenvalue weighted by Gasteiger charge is 2.29. The summed E-state index contributed by atoms with van der Waals surface area (Å²) in [5.74, 6) is -0.346. The van der Waals surface area contributed by atoms with E-state index < -0.39 is 11.7 Å². The first-order valence-electron chi connectivity index (χ1n) is 5.78. The summed E-state index contributed by atoms with van der Waals surface area (Å²) in [7, 11) is 0. The summed E-state index contributed by atoms with van der Waals surface area (Å²) >= 11 is 0. The number of hydrogen-bond donors (Lipinski definition) is 0. The zero-order chi connectivity index (χ0) is 14.5. The molecule has 0 aliphatic rings. The van der Waals surface area contributed by atoms with Gasteiger partial charge in [-0.2, -0.15) is 13.2 Å². The van der Waals surface area contributed by atoms with E-state index in [1.54, 1.807) is 12.2 Å². The minimum absolute atomic E-state index is 0.00573. The molecule has 0 amide bonds. The van der Waals surface area contributed by atoms with Crippen molar-refractivity contribution in [1.29, 1.82) is 0 Å². The van der Waals surface area contributed by atoms with E-state index in [0.717, 1.165) is 12.1 Å². The van der Waals surface area contributed by atoms with Crippen LogP contribution in [0.2, 0.25) is 0 Å². The van der Waals surface area contributed by atoms with Crippen LogP contribution in [-0.4, -0.2) is 12.6 Å². The summed E-state index contributed by atoms with van der Waals surface area (Å²) in [6.07, 6.45) is -0.829. The Morgan fingerprint density at radius 3 is 2.37 bits per heavy atom. The number of alkyl halides is 3. The topological polar surface area (TPSA) is 26.3 Å².